The molecule has 0 spiro atoms. The van der Waals surface area contributed by atoms with Gasteiger partial charge in [-0.1, -0.05) is 5.16 Å². The van der Waals surface area contributed by atoms with Gasteiger partial charge in [0.2, 0.25) is 0 Å². The molecule has 13 nitrogen and oxygen atoms in total. The van der Waals surface area contributed by atoms with E-state index in [0.29, 0.717) is 11.3 Å². The maximum atomic E-state index is 12.1. The molecule has 0 saturated carbocycles. The molecule has 0 aliphatic carbocycles. The highest BCUT2D eigenvalue weighted by molar-refractivity contribution is 9.10. The van der Waals surface area contributed by atoms with Gasteiger partial charge in [0.25, 0.3) is 5.91 Å². The van der Waals surface area contributed by atoms with E-state index in [1.165, 1.54) is 10.9 Å². The van der Waals surface area contributed by atoms with E-state index in [2.05, 4.69) is 46.8 Å². The number of nitro groups is 1. The standard InChI is InChI=1S/C16H15BrN8O5/c1-9-12(17)13(25(28)29)22-24(9)8-11-21-16(30-23-11)15(27)20-6-5-19-14(26)10-3-2-4-18-7-10/h2-4,7H,5-6,8H2,1H3,(H,19,26)(H,20,27). The van der Waals surface area contributed by atoms with Crippen molar-refractivity contribution in [3.8, 4) is 0 Å². The fraction of sp³-hybridized carbons (Fsp3) is 0.250. The summed E-state index contributed by atoms with van der Waals surface area (Å²) in [6, 6.07) is 3.26. The zero-order valence-electron chi connectivity index (χ0n) is 15.5. The van der Waals surface area contributed by atoms with Crippen molar-refractivity contribution >= 4 is 33.6 Å². The topological polar surface area (TPSA) is 171 Å². The van der Waals surface area contributed by atoms with Crippen LogP contribution >= 0.6 is 15.9 Å². The molecule has 3 aromatic heterocycles. The Morgan fingerprint density at radius 2 is 2.03 bits per heavy atom. The van der Waals surface area contributed by atoms with Crippen LogP contribution < -0.4 is 10.6 Å². The predicted octanol–water partition coefficient (Wildman–Crippen LogP) is 0.848. The van der Waals surface area contributed by atoms with E-state index >= 15 is 0 Å². The van der Waals surface area contributed by atoms with Crippen molar-refractivity contribution in [1.82, 2.24) is 35.5 Å². The van der Waals surface area contributed by atoms with E-state index in [1.807, 2.05) is 0 Å². The third-order valence-electron chi connectivity index (χ3n) is 3.86. The highest BCUT2D eigenvalue weighted by atomic mass is 79.9. The molecule has 3 heterocycles. The van der Waals surface area contributed by atoms with Crippen LogP contribution in [-0.2, 0) is 6.54 Å². The first-order valence-corrected chi connectivity index (χ1v) is 9.32. The van der Waals surface area contributed by atoms with Gasteiger partial charge in [-0.2, -0.15) is 9.67 Å². The fourth-order valence-corrected chi connectivity index (χ4v) is 2.78. The Balaban J connectivity index is 1.51. The van der Waals surface area contributed by atoms with Crippen LogP contribution in [0.1, 0.15) is 32.6 Å². The average molecular weight is 479 g/mol. The molecule has 0 saturated heterocycles. The largest absolute Gasteiger partial charge is 0.404 e. The van der Waals surface area contributed by atoms with E-state index in [0.717, 1.165) is 0 Å². The molecule has 0 atom stereocenters. The molecular weight excluding hydrogens is 464 g/mol. The quantitative estimate of drug-likeness (QED) is 0.270. The number of pyridine rings is 1. The van der Waals surface area contributed by atoms with Crippen molar-refractivity contribution in [1.29, 1.82) is 0 Å². The smallest absolute Gasteiger partial charge is 0.358 e. The Bertz CT molecular complexity index is 1080. The lowest BCUT2D eigenvalue weighted by molar-refractivity contribution is -0.390. The number of hydrogen-bond acceptors (Lipinski definition) is 9. The molecule has 2 N–H and O–H groups in total. The Kier molecular flexibility index (Phi) is 6.46. The predicted molar refractivity (Wildman–Crippen MR) is 104 cm³/mol. The van der Waals surface area contributed by atoms with Crippen LogP contribution in [0.3, 0.4) is 0 Å². The Hall–Kier alpha value is -3.68. The first-order valence-electron chi connectivity index (χ1n) is 8.53. The molecule has 0 aliphatic rings. The number of halogens is 1. The normalized spacial score (nSPS) is 10.6. The van der Waals surface area contributed by atoms with E-state index in [1.54, 1.807) is 25.3 Å². The Morgan fingerprint density at radius 1 is 1.30 bits per heavy atom. The van der Waals surface area contributed by atoms with Gasteiger partial charge in [0.15, 0.2) is 5.82 Å². The number of carbonyl (C=O) groups excluding carboxylic acids is 2. The van der Waals surface area contributed by atoms with Gasteiger partial charge in [-0.15, -0.1) is 0 Å². The van der Waals surface area contributed by atoms with E-state index in [4.69, 9.17) is 4.52 Å². The molecule has 0 aliphatic heterocycles. The number of rotatable bonds is 8. The number of aromatic nitrogens is 5. The number of nitrogens with zero attached hydrogens (tertiary/aromatic N) is 6. The van der Waals surface area contributed by atoms with Gasteiger partial charge in [0.05, 0.1) is 16.4 Å². The zero-order valence-corrected chi connectivity index (χ0v) is 17.1. The van der Waals surface area contributed by atoms with Crippen molar-refractivity contribution in [2.45, 2.75) is 13.5 Å². The molecule has 2 amide bonds. The number of hydrogen-bond donors (Lipinski definition) is 2. The van der Waals surface area contributed by atoms with Gasteiger partial charge < -0.3 is 25.3 Å². The first kappa shape index (κ1) is 21.0. The third-order valence-corrected chi connectivity index (χ3v) is 4.79. The molecule has 0 fully saturated rings. The summed E-state index contributed by atoms with van der Waals surface area (Å²) in [5.74, 6) is -1.41. The van der Waals surface area contributed by atoms with Gasteiger partial charge in [-0.3, -0.25) is 14.6 Å². The van der Waals surface area contributed by atoms with E-state index in [-0.39, 0.29) is 47.5 Å². The molecule has 156 valence electrons. The molecule has 0 aromatic carbocycles. The SMILES string of the molecule is Cc1c(Br)c([N+](=O)[O-])nn1Cc1noc(C(=O)NCCNC(=O)c2cccnc2)n1. The Morgan fingerprint density at radius 3 is 2.67 bits per heavy atom. The maximum Gasteiger partial charge on any atom is 0.404 e. The van der Waals surface area contributed by atoms with Crippen LogP contribution in [0.25, 0.3) is 0 Å². The number of carbonyl (C=O) groups is 2. The summed E-state index contributed by atoms with van der Waals surface area (Å²) in [7, 11) is 0. The second-order valence-electron chi connectivity index (χ2n) is 5.91. The van der Waals surface area contributed by atoms with Gasteiger partial charge in [0.1, 0.15) is 11.0 Å². The molecule has 30 heavy (non-hydrogen) atoms. The van der Waals surface area contributed by atoms with Gasteiger partial charge in [-0.05, 0) is 39.9 Å². The maximum absolute atomic E-state index is 12.1. The van der Waals surface area contributed by atoms with Crippen molar-refractivity contribution in [2.75, 3.05) is 13.1 Å². The van der Waals surface area contributed by atoms with Crippen LogP contribution in [0.4, 0.5) is 5.82 Å². The van der Waals surface area contributed by atoms with E-state index < -0.39 is 10.8 Å². The highest BCUT2D eigenvalue weighted by Crippen LogP contribution is 2.27. The van der Waals surface area contributed by atoms with Crippen molar-refractivity contribution in [3.63, 3.8) is 0 Å². The number of amides is 2. The Labute approximate surface area is 177 Å². The number of nitrogens with one attached hydrogen (secondary N) is 2. The molecule has 0 bridgehead atoms. The van der Waals surface area contributed by atoms with Crippen LogP contribution in [0.15, 0.2) is 33.5 Å². The molecule has 0 unspecified atom stereocenters. The second kappa shape index (κ2) is 9.21. The summed E-state index contributed by atoms with van der Waals surface area (Å²) in [5, 5.41) is 23.7. The van der Waals surface area contributed by atoms with E-state index in [9.17, 15) is 19.7 Å². The lowest BCUT2D eigenvalue weighted by atomic mass is 10.3. The summed E-state index contributed by atoms with van der Waals surface area (Å²) in [4.78, 5) is 42.1. The van der Waals surface area contributed by atoms with Crippen molar-refractivity contribution < 1.29 is 19.0 Å². The summed E-state index contributed by atoms with van der Waals surface area (Å²) in [5.41, 5.74) is 0.910. The zero-order chi connectivity index (χ0) is 21.7. The van der Waals surface area contributed by atoms with Crippen molar-refractivity contribution in [2.24, 2.45) is 0 Å². The monoisotopic (exact) mass is 478 g/mol. The van der Waals surface area contributed by atoms with Gasteiger partial charge >= 0.3 is 17.6 Å². The second-order valence-corrected chi connectivity index (χ2v) is 6.70. The van der Waals surface area contributed by atoms with Crippen LogP contribution in [0.5, 0.6) is 0 Å². The van der Waals surface area contributed by atoms with Gasteiger partial charge in [0, 0.05) is 25.5 Å². The summed E-state index contributed by atoms with van der Waals surface area (Å²) in [6.07, 6.45) is 2.99. The summed E-state index contributed by atoms with van der Waals surface area (Å²) >= 11 is 3.12. The van der Waals surface area contributed by atoms with Crippen LogP contribution in [0, 0.1) is 17.0 Å². The van der Waals surface area contributed by atoms with Gasteiger partial charge in [-0.25, -0.2) is 0 Å². The summed E-state index contributed by atoms with van der Waals surface area (Å²) in [6.45, 7) is 1.94. The first-order chi connectivity index (χ1) is 14.4. The molecule has 14 heteroatoms. The molecular formula is C16H15BrN8O5. The molecule has 3 rings (SSSR count). The lowest BCUT2D eigenvalue weighted by Gasteiger charge is -2.05. The molecule has 3 aromatic rings. The average Bonchev–Trinajstić information content (AvgIpc) is 3.32. The van der Waals surface area contributed by atoms with Crippen molar-refractivity contribution in [3.05, 3.63) is 62.1 Å². The lowest BCUT2D eigenvalue weighted by Crippen LogP contribution is -2.34. The minimum Gasteiger partial charge on any atom is -0.358 e. The molecule has 0 radical (unpaired) electrons. The minimum absolute atomic E-state index is 0.0176. The van der Waals surface area contributed by atoms with Crippen LogP contribution in [0.2, 0.25) is 0 Å². The van der Waals surface area contributed by atoms with Crippen LogP contribution in [-0.4, -0.2) is 54.7 Å². The minimum atomic E-state index is -0.617. The fourth-order valence-electron chi connectivity index (χ4n) is 2.35. The summed E-state index contributed by atoms with van der Waals surface area (Å²) < 4.78 is 6.49. The third kappa shape index (κ3) is 4.83. The highest BCUT2D eigenvalue weighted by Gasteiger charge is 2.25.